The monoisotopic (exact) mass is 362 g/mol. The fourth-order valence-electron chi connectivity index (χ4n) is 3.35. The molecule has 0 fully saturated rings. The number of rotatable bonds is 5. The second-order valence-corrected chi connectivity index (χ2v) is 6.70. The van der Waals surface area contributed by atoms with Crippen molar-refractivity contribution in [2.24, 2.45) is 4.99 Å². The van der Waals surface area contributed by atoms with Gasteiger partial charge >= 0.3 is 6.09 Å². The third kappa shape index (κ3) is 3.84. The normalized spacial score (nSPS) is 14.9. The first kappa shape index (κ1) is 17.3. The number of fused-ring (bicyclic) bond motifs is 1. The van der Waals surface area contributed by atoms with Gasteiger partial charge in [0.25, 0.3) is 0 Å². The smallest absolute Gasteiger partial charge is 0.414 e. The summed E-state index contributed by atoms with van der Waals surface area (Å²) in [6.07, 6.45) is 9.04. The Bertz CT molecular complexity index is 892. The Morgan fingerprint density at radius 1 is 1.33 bits per heavy atom. The minimum atomic E-state index is -0.383. The molecular weight excluding hydrogens is 340 g/mol. The molecule has 1 aromatic carbocycles. The van der Waals surface area contributed by atoms with E-state index in [-0.39, 0.29) is 12.7 Å². The number of benzene rings is 1. The molecule has 3 heterocycles. The Hall–Kier alpha value is -3.15. The molecule has 0 bridgehead atoms. The van der Waals surface area contributed by atoms with Gasteiger partial charge in [0.2, 0.25) is 0 Å². The largest absolute Gasteiger partial charge is 0.444 e. The number of allylic oxidation sites excluding steroid dienone is 1. The van der Waals surface area contributed by atoms with Crippen molar-refractivity contribution in [2.75, 3.05) is 29.9 Å². The summed E-state index contributed by atoms with van der Waals surface area (Å²) in [7, 11) is 1.73. The van der Waals surface area contributed by atoms with Crippen molar-refractivity contribution in [2.45, 2.75) is 19.4 Å². The lowest BCUT2D eigenvalue weighted by molar-refractivity contribution is 0.148. The van der Waals surface area contributed by atoms with E-state index < -0.39 is 0 Å². The first-order valence-corrected chi connectivity index (χ1v) is 9.09. The standard InChI is InChI=1S/C21H22N4O2/c1-24(21(26)27-15-16-4-2-9-22-13-16)19-7-6-17-8-11-25(20(17)12-19)14-18-5-3-10-23-18/h2,4-7,9-10,12-13H,3,8,11,14-15H2,1H3. The Morgan fingerprint density at radius 3 is 3.04 bits per heavy atom. The van der Waals surface area contributed by atoms with Crippen LogP contribution in [0.25, 0.3) is 0 Å². The van der Waals surface area contributed by atoms with E-state index in [0.717, 1.165) is 42.9 Å². The summed E-state index contributed by atoms with van der Waals surface area (Å²) < 4.78 is 5.40. The summed E-state index contributed by atoms with van der Waals surface area (Å²) in [4.78, 5) is 24.7. The molecule has 0 saturated carbocycles. The summed E-state index contributed by atoms with van der Waals surface area (Å²) in [5, 5.41) is 0. The van der Waals surface area contributed by atoms with Crippen molar-refractivity contribution in [1.82, 2.24) is 4.98 Å². The number of hydrogen-bond acceptors (Lipinski definition) is 5. The molecule has 4 rings (SSSR count). The van der Waals surface area contributed by atoms with Crippen LogP contribution in [-0.2, 0) is 17.8 Å². The SMILES string of the molecule is CN(C(=O)OCc1cccnc1)c1ccc2c(c1)N(CC1=CCC=N1)CC2. The summed E-state index contributed by atoms with van der Waals surface area (Å²) >= 11 is 0. The van der Waals surface area contributed by atoms with E-state index in [1.54, 1.807) is 24.3 Å². The molecule has 0 N–H and O–H groups in total. The Kier molecular flexibility index (Phi) is 4.87. The lowest BCUT2D eigenvalue weighted by Crippen LogP contribution is -2.27. The van der Waals surface area contributed by atoms with Gasteiger partial charge in [-0.15, -0.1) is 0 Å². The Balaban J connectivity index is 1.44. The zero-order valence-corrected chi connectivity index (χ0v) is 15.3. The van der Waals surface area contributed by atoms with Gasteiger partial charge in [-0.3, -0.25) is 14.9 Å². The lowest BCUT2D eigenvalue weighted by Gasteiger charge is -2.22. The van der Waals surface area contributed by atoms with Crippen molar-refractivity contribution in [3.8, 4) is 0 Å². The van der Waals surface area contributed by atoms with E-state index in [1.165, 1.54) is 11.3 Å². The number of anilines is 2. The Labute approximate surface area is 158 Å². The number of carbonyl (C=O) groups excluding carboxylic acids is 1. The molecule has 0 radical (unpaired) electrons. The molecule has 1 amide bonds. The van der Waals surface area contributed by atoms with Gasteiger partial charge in [-0.1, -0.05) is 18.2 Å². The molecule has 6 nitrogen and oxygen atoms in total. The van der Waals surface area contributed by atoms with Gasteiger partial charge < -0.3 is 9.64 Å². The first-order chi connectivity index (χ1) is 13.2. The van der Waals surface area contributed by atoms with Crippen LogP contribution in [0.1, 0.15) is 17.5 Å². The molecule has 2 aliphatic heterocycles. The van der Waals surface area contributed by atoms with Crippen molar-refractivity contribution < 1.29 is 9.53 Å². The quantitative estimate of drug-likeness (QED) is 0.816. The second kappa shape index (κ2) is 7.61. The van der Waals surface area contributed by atoms with Crippen molar-refractivity contribution in [3.63, 3.8) is 0 Å². The molecular formula is C21H22N4O2. The second-order valence-electron chi connectivity index (χ2n) is 6.70. The number of carbonyl (C=O) groups is 1. The minimum absolute atomic E-state index is 0.209. The van der Waals surface area contributed by atoms with Crippen LogP contribution >= 0.6 is 0 Å². The number of ether oxygens (including phenoxy) is 1. The van der Waals surface area contributed by atoms with Gasteiger partial charge in [0.1, 0.15) is 6.61 Å². The van der Waals surface area contributed by atoms with E-state index in [2.05, 4.69) is 33.1 Å². The predicted octanol–water partition coefficient (Wildman–Crippen LogP) is 3.58. The fourth-order valence-corrected chi connectivity index (χ4v) is 3.35. The van der Waals surface area contributed by atoms with Crippen LogP contribution in [0.5, 0.6) is 0 Å². The number of aromatic nitrogens is 1. The molecule has 138 valence electrons. The van der Waals surface area contributed by atoms with Gasteiger partial charge in [0.05, 0.1) is 12.2 Å². The van der Waals surface area contributed by atoms with Gasteiger partial charge in [-0.05, 0) is 30.2 Å². The maximum absolute atomic E-state index is 12.4. The van der Waals surface area contributed by atoms with E-state index in [4.69, 9.17) is 4.74 Å². The number of amides is 1. The zero-order valence-electron chi connectivity index (χ0n) is 15.3. The summed E-state index contributed by atoms with van der Waals surface area (Å²) in [5.74, 6) is 0. The van der Waals surface area contributed by atoms with Crippen LogP contribution in [-0.4, -0.2) is 37.4 Å². The van der Waals surface area contributed by atoms with Gasteiger partial charge in [0.15, 0.2) is 0 Å². The molecule has 1 aromatic heterocycles. The number of pyridine rings is 1. The molecule has 0 saturated heterocycles. The van der Waals surface area contributed by atoms with Crippen molar-refractivity contribution >= 4 is 23.7 Å². The minimum Gasteiger partial charge on any atom is -0.444 e. The summed E-state index contributed by atoms with van der Waals surface area (Å²) in [6, 6.07) is 9.84. The van der Waals surface area contributed by atoms with Crippen LogP contribution in [0.2, 0.25) is 0 Å². The molecule has 0 atom stereocenters. The molecule has 6 heteroatoms. The molecule has 2 aromatic rings. The highest BCUT2D eigenvalue weighted by molar-refractivity contribution is 5.88. The fraction of sp³-hybridized carbons (Fsp3) is 0.286. The van der Waals surface area contributed by atoms with E-state index in [9.17, 15) is 4.79 Å². The third-order valence-electron chi connectivity index (χ3n) is 4.88. The number of nitrogens with zero attached hydrogens (tertiary/aromatic N) is 4. The van der Waals surface area contributed by atoms with Crippen LogP contribution < -0.4 is 9.80 Å². The highest BCUT2D eigenvalue weighted by atomic mass is 16.6. The van der Waals surface area contributed by atoms with E-state index in [0.29, 0.717) is 0 Å². The maximum Gasteiger partial charge on any atom is 0.414 e. The highest BCUT2D eigenvalue weighted by Gasteiger charge is 2.22. The maximum atomic E-state index is 12.4. The van der Waals surface area contributed by atoms with Gasteiger partial charge in [-0.2, -0.15) is 0 Å². The highest BCUT2D eigenvalue weighted by Crippen LogP contribution is 2.33. The summed E-state index contributed by atoms with van der Waals surface area (Å²) in [6.45, 7) is 1.99. The first-order valence-electron chi connectivity index (χ1n) is 9.09. The summed E-state index contributed by atoms with van der Waals surface area (Å²) in [5.41, 5.74) is 5.27. The average Bonchev–Trinajstić information content (AvgIpc) is 3.36. The van der Waals surface area contributed by atoms with Crippen molar-refractivity contribution in [1.29, 1.82) is 0 Å². The van der Waals surface area contributed by atoms with Crippen molar-refractivity contribution in [3.05, 3.63) is 65.6 Å². The number of aliphatic imine (C=N–C) groups is 1. The number of hydrogen-bond donors (Lipinski definition) is 0. The van der Waals surface area contributed by atoms with Gasteiger partial charge in [0, 0.05) is 55.6 Å². The molecule has 0 unspecified atom stereocenters. The van der Waals surface area contributed by atoms with E-state index in [1.807, 2.05) is 24.4 Å². The van der Waals surface area contributed by atoms with Crippen LogP contribution in [0, 0.1) is 0 Å². The van der Waals surface area contributed by atoms with Crippen LogP contribution in [0.3, 0.4) is 0 Å². The van der Waals surface area contributed by atoms with E-state index >= 15 is 0 Å². The van der Waals surface area contributed by atoms with Crippen LogP contribution in [0.4, 0.5) is 16.2 Å². The Morgan fingerprint density at radius 2 is 2.26 bits per heavy atom. The van der Waals surface area contributed by atoms with Gasteiger partial charge in [-0.25, -0.2) is 4.79 Å². The third-order valence-corrected chi connectivity index (χ3v) is 4.88. The predicted molar refractivity (Wildman–Crippen MR) is 106 cm³/mol. The molecule has 0 aliphatic carbocycles. The zero-order chi connectivity index (χ0) is 18.6. The molecule has 27 heavy (non-hydrogen) atoms. The molecule has 2 aliphatic rings. The average molecular weight is 362 g/mol. The lowest BCUT2D eigenvalue weighted by atomic mass is 10.1. The van der Waals surface area contributed by atoms with Crippen LogP contribution in [0.15, 0.2) is 59.5 Å². The molecule has 0 spiro atoms. The topological polar surface area (TPSA) is 58.0 Å².